The highest BCUT2D eigenvalue weighted by molar-refractivity contribution is 9.10. The van der Waals surface area contributed by atoms with Crippen LogP contribution in [-0.4, -0.2) is 65.3 Å². The quantitative estimate of drug-likeness (QED) is 0.562. The van der Waals surface area contributed by atoms with Crippen molar-refractivity contribution in [2.24, 2.45) is 0 Å². The minimum atomic E-state index is -1.84. The van der Waals surface area contributed by atoms with Gasteiger partial charge in [0.2, 0.25) is 0 Å². The van der Waals surface area contributed by atoms with Crippen molar-refractivity contribution < 1.29 is 19.8 Å². The summed E-state index contributed by atoms with van der Waals surface area (Å²) >= 11 is 3.36. The predicted octanol–water partition coefficient (Wildman–Crippen LogP) is 2.31. The molecular weight excluding hydrogens is 474 g/mol. The number of amides is 2. The molecule has 0 radical (unpaired) electrons. The molecule has 0 aromatic heterocycles. The Hall–Kier alpha value is -2.42. The summed E-state index contributed by atoms with van der Waals surface area (Å²) in [5, 5.41) is 23.3. The molecule has 1 fully saturated rings. The Bertz CT molecular complexity index is 958. The van der Waals surface area contributed by atoms with E-state index in [4.69, 9.17) is 0 Å². The van der Waals surface area contributed by atoms with Gasteiger partial charge in [-0.15, -0.1) is 0 Å². The van der Waals surface area contributed by atoms with Crippen molar-refractivity contribution in [3.63, 3.8) is 0 Å². The molecule has 1 aliphatic heterocycles. The maximum atomic E-state index is 12.7. The predicted molar refractivity (Wildman–Crippen MR) is 127 cm³/mol. The van der Waals surface area contributed by atoms with Gasteiger partial charge in [-0.05, 0) is 61.7 Å². The SMILES string of the molecule is Cc1ccc(N2CCN(C(=O)C(O)C(O)C(=O)NC(C)c3ccc(Br)cc3)CC2)cc1C. The number of aryl methyl sites for hydroxylation is 2. The summed E-state index contributed by atoms with van der Waals surface area (Å²) in [5.74, 6) is -1.42. The third kappa shape index (κ3) is 5.68. The van der Waals surface area contributed by atoms with Crippen molar-refractivity contribution >= 4 is 33.4 Å². The molecule has 2 amide bonds. The molecule has 3 unspecified atom stereocenters. The van der Waals surface area contributed by atoms with Crippen LogP contribution in [-0.2, 0) is 9.59 Å². The second-order valence-corrected chi connectivity index (χ2v) is 9.17. The van der Waals surface area contributed by atoms with Crippen molar-refractivity contribution in [3.8, 4) is 0 Å². The van der Waals surface area contributed by atoms with Crippen molar-refractivity contribution in [1.29, 1.82) is 0 Å². The van der Waals surface area contributed by atoms with Gasteiger partial charge in [-0.25, -0.2) is 0 Å². The number of nitrogens with zero attached hydrogens (tertiary/aromatic N) is 2. The summed E-state index contributed by atoms with van der Waals surface area (Å²) in [7, 11) is 0. The van der Waals surface area contributed by atoms with Gasteiger partial charge in [0.05, 0.1) is 6.04 Å². The number of rotatable bonds is 6. The Morgan fingerprint density at radius 3 is 2.16 bits per heavy atom. The lowest BCUT2D eigenvalue weighted by molar-refractivity contribution is -0.153. The first-order valence-electron chi connectivity index (χ1n) is 10.7. The first-order valence-corrected chi connectivity index (χ1v) is 11.5. The highest BCUT2D eigenvalue weighted by atomic mass is 79.9. The van der Waals surface area contributed by atoms with Crippen LogP contribution < -0.4 is 10.2 Å². The summed E-state index contributed by atoms with van der Waals surface area (Å²) in [5.41, 5.74) is 4.38. The number of carbonyl (C=O) groups is 2. The number of aliphatic hydroxyl groups is 2. The summed E-state index contributed by atoms with van der Waals surface area (Å²) in [4.78, 5) is 28.8. The zero-order valence-electron chi connectivity index (χ0n) is 18.6. The van der Waals surface area contributed by atoms with E-state index in [-0.39, 0.29) is 6.04 Å². The van der Waals surface area contributed by atoms with Crippen molar-refractivity contribution in [3.05, 3.63) is 63.6 Å². The Balaban J connectivity index is 1.53. The van der Waals surface area contributed by atoms with E-state index in [0.29, 0.717) is 26.2 Å². The second-order valence-electron chi connectivity index (χ2n) is 8.25. The van der Waals surface area contributed by atoms with Gasteiger partial charge < -0.3 is 25.3 Å². The molecule has 7 nitrogen and oxygen atoms in total. The highest BCUT2D eigenvalue weighted by Crippen LogP contribution is 2.21. The third-order valence-electron chi connectivity index (χ3n) is 6.00. The molecular formula is C24H30BrN3O4. The molecule has 1 aliphatic rings. The van der Waals surface area contributed by atoms with E-state index in [1.807, 2.05) is 24.3 Å². The third-order valence-corrected chi connectivity index (χ3v) is 6.53. The number of hydrogen-bond acceptors (Lipinski definition) is 5. The molecule has 3 atom stereocenters. The van der Waals surface area contributed by atoms with Gasteiger partial charge in [-0.1, -0.05) is 34.1 Å². The Morgan fingerprint density at radius 2 is 1.56 bits per heavy atom. The lowest BCUT2D eigenvalue weighted by Gasteiger charge is -2.37. The van der Waals surface area contributed by atoms with Gasteiger partial charge >= 0.3 is 0 Å². The fourth-order valence-electron chi connectivity index (χ4n) is 3.71. The summed E-state index contributed by atoms with van der Waals surface area (Å²) in [6, 6.07) is 13.3. The van der Waals surface area contributed by atoms with Gasteiger partial charge in [0, 0.05) is 36.3 Å². The van der Waals surface area contributed by atoms with Crippen LogP contribution >= 0.6 is 15.9 Å². The standard InChI is InChI=1S/C24H30BrN3O4/c1-15-4-9-20(14-16(15)2)27-10-12-28(13-11-27)24(32)22(30)21(29)23(31)26-17(3)18-5-7-19(25)8-6-18/h4-9,14,17,21-22,29-30H,10-13H2,1-3H3,(H,26,31). The van der Waals surface area contributed by atoms with Crippen LogP contribution in [0.1, 0.15) is 29.7 Å². The smallest absolute Gasteiger partial charge is 0.254 e. The van der Waals surface area contributed by atoms with E-state index >= 15 is 0 Å². The van der Waals surface area contributed by atoms with Crippen LogP contribution in [0.25, 0.3) is 0 Å². The number of piperazine rings is 1. The molecule has 3 rings (SSSR count). The lowest BCUT2D eigenvalue weighted by Crippen LogP contribution is -2.55. The molecule has 0 bridgehead atoms. The molecule has 0 saturated carbocycles. The van der Waals surface area contributed by atoms with Gasteiger partial charge in [0.25, 0.3) is 11.8 Å². The minimum absolute atomic E-state index is 0.380. The Morgan fingerprint density at radius 1 is 0.938 bits per heavy atom. The summed E-state index contributed by atoms with van der Waals surface area (Å²) in [6.07, 6.45) is -3.64. The van der Waals surface area contributed by atoms with Gasteiger partial charge in [0.1, 0.15) is 0 Å². The molecule has 0 spiro atoms. The first-order chi connectivity index (χ1) is 15.2. The monoisotopic (exact) mass is 503 g/mol. The number of aliphatic hydroxyl groups excluding tert-OH is 2. The summed E-state index contributed by atoms with van der Waals surface area (Å²) < 4.78 is 0.915. The zero-order valence-corrected chi connectivity index (χ0v) is 20.2. The van der Waals surface area contributed by atoms with Crippen LogP contribution in [0.5, 0.6) is 0 Å². The van der Waals surface area contributed by atoms with Gasteiger partial charge in [0.15, 0.2) is 12.2 Å². The summed E-state index contributed by atoms with van der Waals surface area (Å²) in [6.45, 7) is 7.96. The number of halogens is 1. The molecule has 172 valence electrons. The average molecular weight is 504 g/mol. The van der Waals surface area contributed by atoms with Crippen LogP contribution in [0.2, 0.25) is 0 Å². The molecule has 0 aliphatic carbocycles. The Kier molecular flexibility index (Phi) is 7.92. The molecule has 1 heterocycles. The van der Waals surface area contributed by atoms with E-state index in [2.05, 4.69) is 58.2 Å². The number of carbonyl (C=O) groups excluding carboxylic acids is 2. The van der Waals surface area contributed by atoms with Crippen LogP contribution in [0.3, 0.4) is 0 Å². The fourth-order valence-corrected chi connectivity index (χ4v) is 3.97. The van der Waals surface area contributed by atoms with E-state index in [1.54, 1.807) is 6.92 Å². The lowest BCUT2D eigenvalue weighted by atomic mass is 10.1. The number of hydrogen-bond donors (Lipinski definition) is 3. The Labute approximate surface area is 197 Å². The highest BCUT2D eigenvalue weighted by Gasteiger charge is 2.35. The van der Waals surface area contributed by atoms with Crippen LogP contribution in [0.4, 0.5) is 5.69 Å². The normalized spacial score (nSPS) is 16.9. The van der Waals surface area contributed by atoms with Crippen LogP contribution in [0, 0.1) is 13.8 Å². The van der Waals surface area contributed by atoms with E-state index in [9.17, 15) is 19.8 Å². The number of nitrogens with one attached hydrogen (secondary N) is 1. The zero-order chi connectivity index (χ0) is 23.4. The minimum Gasteiger partial charge on any atom is -0.380 e. The van der Waals surface area contributed by atoms with Gasteiger partial charge in [-0.3, -0.25) is 9.59 Å². The topological polar surface area (TPSA) is 93.1 Å². The molecule has 2 aromatic rings. The second kappa shape index (κ2) is 10.5. The molecule has 3 N–H and O–H groups in total. The molecule has 1 saturated heterocycles. The molecule has 2 aromatic carbocycles. The number of benzene rings is 2. The maximum absolute atomic E-state index is 12.7. The number of anilines is 1. The van der Waals surface area contributed by atoms with E-state index < -0.39 is 24.0 Å². The molecule has 8 heteroatoms. The van der Waals surface area contributed by atoms with Crippen LogP contribution in [0.15, 0.2) is 46.9 Å². The van der Waals surface area contributed by atoms with Crippen molar-refractivity contribution in [2.45, 2.75) is 39.0 Å². The maximum Gasteiger partial charge on any atom is 0.254 e. The van der Waals surface area contributed by atoms with E-state index in [0.717, 1.165) is 15.7 Å². The average Bonchev–Trinajstić information content (AvgIpc) is 2.79. The van der Waals surface area contributed by atoms with Gasteiger partial charge in [-0.2, -0.15) is 0 Å². The largest absolute Gasteiger partial charge is 0.380 e. The first kappa shape index (κ1) is 24.2. The molecule has 32 heavy (non-hydrogen) atoms. The van der Waals surface area contributed by atoms with Crippen molar-refractivity contribution in [2.75, 3.05) is 31.1 Å². The van der Waals surface area contributed by atoms with E-state index in [1.165, 1.54) is 16.0 Å². The fraction of sp³-hybridized carbons (Fsp3) is 0.417. The van der Waals surface area contributed by atoms with Crippen molar-refractivity contribution in [1.82, 2.24) is 10.2 Å².